The number of rotatable bonds is 10. The summed E-state index contributed by atoms with van der Waals surface area (Å²) in [4.78, 5) is 9.25. The smallest absolute Gasteiger partial charge is 0.191 e. The molecular formula is C20H37IN6O3. The fourth-order valence-electron chi connectivity index (χ4n) is 3.70. The minimum absolute atomic E-state index is 0. The topological polar surface area (TPSA) is 94.8 Å². The van der Waals surface area contributed by atoms with Crippen molar-refractivity contribution in [3.05, 3.63) is 11.6 Å². The number of hydrogen-bond donors (Lipinski definition) is 2. The van der Waals surface area contributed by atoms with Crippen molar-refractivity contribution in [2.45, 2.75) is 58.2 Å². The van der Waals surface area contributed by atoms with Crippen LogP contribution in [0.1, 0.15) is 44.3 Å². The number of aliphatic imine (C=N–C) groups is 1. The minimum atomic E-state index is 0. The standard InChI is InChI=1S/C20H36N6O3.HI/c1-3-21-20(22-9-4-10-29-14-16-7-11-28-12-8-16)23-17-5-6-19-24-18(15-27-2)25-26(19)13-17;/h16-17H,3-15H2,1-2H3,(H2,21,22,23);1H. The van der Waals surface area contributed by atoms with Crippen molar-refractivity contribution in [3.8, 4) is 0 Å². The first-order valence-corrected chi connectivity index (χ1v) is 10.9. The van der Waals surface area contributed by atoms with Gasteiger partial charge in [-0.2, -0.15) is 5.10 Å². The van der Waals surface area contributed by atoms with Crippen LogP contribution in [0.2, 0.25) is 0 Å². The molecule has 0 aliphatic carbocycles. The SMILES string of the molecule is CCNC(=NCCCOCC1CCOCC1)NC1CCc2nc(COC)nn2C1.I. The molecule has 0 amide bonds. The van der Waals surface area contributed by atoms with Crippen LogP contribution in [0.4, 0.5) is 0 Å². The fourth-order valence-corrected chi connectivity index (χ4v) is 3.70. The lowest BCUT2D eigenvalue weighted by atomic mass is 10.0. The predicted octanol–water partition coefficient (Wildman–Crippen LogP) is 1.75. The van der Waals surface area contributed by atoms with Crippen LogP contribution in [0.5, 0.6) is 0 Å². The molecule has 30 heavy (non-hydrogen) atoms. The summed E-state index contributed by atoms with van der Waals surface area (Å²) in [6.07, 6.45) is 5.10. The molecule has 0 spiro atoms. The van der Waals surface area contributed by atoms with E-state index in [0.29, 0.717) is 18.6 Å². The van der Waals surface area contributed by atoms with Crippen molar-refractivity contribution >= 4 is 29.9 Å². The molecule has 1 aromatic heterocycles. The Morgan fingerprint density at radius 2 is 2.13 bits per heavy atom. The lowest BCUT2D eigenvalue weighted by Crippen LogP contribution is -2.47. The average molecular weight is 536 g/mol. The number of ether oxygens (including phenoxy) is 3. The molecule has 2 N–H and O–H groups in total. The molecule has 1 saturated heterocycles. The van der Waals surface area contributed by atoms with Crippen LogP contribution >= 0.6 is 24.0 Å². The Balaban J connectivity index is 0.00000320. The molecule has 2 aliphatic rings. The molecule has 0 radical (unpaired) electrons. The summed E-state index contributed by atoms with van der Waals surface area (Å²) in [5.41, 5.74) is 0. The van der Waals surface area contributed by atoms with E-state index in [-0.39, 0.29) is 24.0 Å². The summed E-state index contributed by atoms with van der Waals surface area (Å²) < 4.78 is 18.3. The Morgan fingerprint density at radius 1 is 1.30 bits per heavy atom. The van der Waals surface area contributed by atoms with E-state index in [1.165, 1.54) is 0 Å². The molecular weight excluding hydrogens is 499 g/mol. The number of aryl methyl sites for hydroxylation is 1. The van der Waals surface area contributed by atoms with Gasteiger partial charge in [0.15, 0.2) is 11.8 Å². The van der Waals surface area contributed by atoms with Gasteiger partial charge in [0.25, 0.3) is 0 Å². The van der Waals surface area contributed by atoms with E-state index in [9.17, 15) is 0 Å². The molecule has 172 valence electrons. The summed E-state index contributed by atoms with van der Waals surface area (Å²) in [5.74, 6) is 3.31. The first-order valence-electron chi connectivity index (χ1n) is 10.9. The van der Waals surface area contributed by atoms with Gasteiger partial charge in [0.1, 0.15) is 12.4 Å². The van der Waals surface area contributed by atoms with Gasteiger partial charge >= 0.3 is 0 Å². The van der Waals surface area contributed by atoms with Gasteiger partial charge in [-0.15, -0.1) is 24.0 Å². The highest BCUT2D eigenvalue weighted by atomic mass is 127. The second-order valence-electron chi connectivity index (χ2n) is 7.68. The molecule has 9 nitrogen and oxygen atoms in total. The maximum absolute atomic E-state index is 5.83. The summed E-state index contributed by atoms with van der Waals surface area (Å²) >= 11 is 0. The van der Waals surface area contributed by atoms with Crippen LogP contribution < -0.4 is 10.6 Å². The third-order valence-corrected chi connectivity index (χ3v) is 5.27. The molecule has 1 aromatic rings. The quantitative estimate of drug-likeness (QED) is 0.204. The lowest BCUT2D eigenvalue weighted by molar-refractivity contribution is 0.0205. The van der Waals surface area contributed by atoms with Crippen LogP contribution in [0.25, 0.3) is 0 Å². The number of nitrogens with zero attached hydrogens (tertiary/aromatic N) is 4. The Morgan fingerprint density at radius 3 is 2.90 bits per heavy atom. The van der Waals surface area contributed by atoms with Crippen molar-refractivity contribution in [3.63, 3.8) is 0 Å². The second-order valence-corrected chi connectivity index (χ2v) is 7.68. The first-order chi connectivity index (χ1) is 14.3. The zero-order chi connectivity index (χ0) is 20.3. The molecule has 1 fully saturated rings. The summed E-state index contributed by atoms with van der Waals surface area (Å²) in [6, 6.07) is 0.294. The van der Waals surface area contributed by atoms with Crippen LogP contribution in [0.3, 0.4) is 0 Å². The number of fused-ring (bicyclic) bond motifs is 1. The Kier molecular flexibility index (Phi) is 11.9. The summed E-state index contributed by atoms with van der Waals surface area (Å²) in [7, 11) is 1.67. The molecule has 2 aliphatic heterocycles. The van der Waals surface area contributed by atoms with Crippen molar-refractivity contribution < 1.29 is 14.2 Å². The van der Waals surface area contributed by atoms with Crippen LogP contribution in [0.15, 0.2) is 4.99 Å². The maximum atomic E-state index is 5.83. The zero-order valence-corrected chi connectivity index (χ0v) is 20.6. The van der Waals surface area contributed by atoms with Crippen LogP contribution in [-0.4, -0.2) is 73.4 Å². The first kappa shape index (κ1) is 25.3. The Bertz CT molecular complexity index is 636. The van der Waals surface area contributed by atoms with E-state index in [2.05, 4.69) is 27.6 Å². The van der Waals surface area contributed by atoms with E-state index in [4.69, 9.17) is 19.2 Å². The van der Waals surface area contributed by atoms with Gasteiger partial charge in [0.2, 0.25) is 0 Å². The molecule has 1 unspecified atom stereocenters. The monoisotopic (exact) mass is 536 g/mol. The number of nitrogens with one attached hydrogen (secondary N) is 2. The highest BCUT2D eigenvalue weighted by molar-refractivity contribution is 14.0. The van der Waals surface area contributed by atoms with Gasteiger partial charge in [-0.25, -0.2) is 9.67 Å². The van der Waals surface area contributed by atoms with Crippen molar-refractivity contribution in [1.82, 2.24) is 25.4 Å². The molecule has 0 saturated carbocycles. The van der Waals surface area contributed by atoms with Crippen molar-refractivity contribution in [2.24, 2.45) is 10.9 Å². The van der Waals surface area contributed by atoms with E-state index in [1.54, 1.807) is 7.11 Å². The van der Waals surface area contributed by atoms with Crippen molar-refractivity contribution in [1.29, 1.82) is 0 Å². The molecule has 3 rings (SSSR count). The highest BCUT2D eigenvalue weighted by Crippen LogP contribution is 2.15. The van der Waals surface area contributed by atoms with Gasteiger partial charge < -0.3 is 24.8 Å². The number of aromatic nitrogens is 3. The molecule has 0 bridgehead atoms. The molecule has 1 atom stereocenters. The second kappa shape index (κ2) is 14.2. The van der Waals surface area contributed by atoms with Crippen LogP contribution in [-0.2, 0) is 33.8 Å². The van der Waals surface area contributed by atoms with Gasteiger partial charge in [-0.3, -0.25) is 4.99 Å². The molecule has 10 heteroatoms. The van der Waals surface area contributed by atoms with E-state index >= 15 is 0 Å². The van der Waals surface area contributed by atoms with E-state index in [1.807, 2.05) is 4.68 Å². The van der Waals surface area contributed by atoms with Gasteiger partial charge in [-0.05, 0) is 38.5 Å². The van der Waals surface area contributed by atoms with Crippen LogP contribution in [0, 0.1) is 5.92 Å². The van der Waals surface area contributed by atoms with Gasteiger partial charge in [0.05, 0.1) is 6.54 Å². The van der Waals surface area contributed by atoms with Gasteiger partial charge in [-0.1, -0.05) is 0 Å². The maximum Gasteiger partial charge on any atom is 0.191 e. The third-order valence-electron chi connectivity index (χ3n) is 5.27. The highest BCUT2D eigenvalue weighted by Gasteiger charge is 2.22. The molecule has 3 heterocycles. The summed E-state index contributed by atoms with van der Waals surface area (Å²) in [6.45, 7) is 8.29. The number of hydrogen-bond acceptors (Lipinski definition) is 6. The van der Waals surface area contributed by atoms with E-state index < -0.39 is 0 Å². The average Bonchev–Trinajstić information content (AvgIpc) is 3.13. The molecule has 0 aromatic carbocycles. The Hall–Kier alpha value is -0.980. The fraction of sp³-hybridized carbons (Fsp3) is 0.850. The number of methoxy groups -OCH3 is 1. The summed E-state index contributed by atoms with van der Waals surface area (Å²) in [5, 5.41) is 11.4. The third kappa shape index (κ3) is 8.27. The normalized spacial score (nSPS) is 19.8. The predicted molar refractivity (Wildman–Crippen MR) is 126 cm³/mol. The van der Waals surface area contributed by atoms with Crippen molar-refractivity contribution in [2.75, 3.05) is 46.6 Å². The van der Waals surface area contributed by atoms with E-state index in [0.717, 1.165) is 95.8 Å². The van der Waals surface area contributed by atoms with Gasteiger partial charge in [0, 0.05) is 59.1 Å². The lowest BCUT2D eigenvalue weighted by Gasteiger charge is -2.25. The Labute approximate surface area is 196 Å². The number of halogens is 1. The number of guanidine groups is 1. The zero-order valence-electron chi connectivity index (χ0n) is 18.3. The largest absolute Gasteiger partial charge is 0.381 e. The minimum Gasteiger partial charge on any atom is -0.381 e.